The van der Waals surface area contributed by atoms with Crippen LogP contribution < -0.4 is 5.32 Å². The van der Waals surface area contributed by atoms with E-state index in [9.17, 15) is 0 Å². The van der Waals surface area contributed by atoms with Crippen molar-refractivity contribution in [3.8, 4) is 0 Å². The highest BCUT2D eigenvalue weighted by molar-refractivity contribution is 5.25. The number of rotatable bonds is 5. The van der Waals surface area contributed by atoms with E-state index >= 15 is 0 Å². The molecule has 16 heavy (non-hydrogen) atoms. The molecule has 2 atom stereocenters. The van der Waals surface area contributed by atoms with Crippen LogP contribution in [0, 0.1) is 12.8 Å². The van der Waals surface area contributed by atoms with Crippen LogP contribution in [-0.4, -0.2) is 17.8 Å². The maximum atomic E-state index is 9.11. The minimum Gasteiger partial charge on any atom is -0.395 e. The third-order valence-electron chi connectivity index (χ3n) is 3.27. The number of aliphatic hydroxyl groups excluding tert-OH is 1. The van der Waals surface area contributed by atoms with Crippen molar-refractivity contribution in [2.24, 2.45) is 5.92 Å². The zero-order valence-electron chi connectivity index (χ0n) is 10.1. The van der Waals surface area contributed by atoms with Gasteiger partial charge in [-0.05, 0) is 38.2 Å². The predicted octanol–water partition coefficient (Wildman–Crippen LogP) is 2.42. The first-order chi connectivity index (χ1) is 7.70. The number of hydrogen-bond acceptors (Lipinski definition) is 2. The number of aryl methyl sites for hydroxylation is 1. The number of nitrogens with one attached hydrogen (secondary N) is 1. The number of benzene rings is 1. The van der Waals surface area contributed by atoms with Gasteiger partial charge in [0.1, 0.15) is 0 Å². The van der Waals surface area contributed by atoms with Crippen LogP contribution in [0.1, 0.15) is 36.9 Å². The molecule has 2 rings (SSSR count). The monoisotopic (exact) mass is 219 g/mol. The van der Waals surface area contributed by atoms with Crippen LogP contribution in [0.4, 0.5) is 0 Å². The molecule has 2 N–H and O–H groups in total. The molecule has 1 saturated carbocycles. The summed E-state index contributed by atoms with van der Waals surface area (Å²) < 4.78 is 0. The zero-order valence-corrected chi connectivity index (χ0v) is 10.1. The smallest absolute Gasteiger partial charge is 0.0582 e. The molecule has 0 amide bonds. The summed E-state index contributed by atoms with van der Waals surface area (Å²) in [4.78, 5) is 0. The van der Waals surface area contributed by atoms with Crippen molar-refractivity contribution in [1.29, 1.82) is 0 Å². The van der Waals surface area contributed by atoms with E-state index in [-0.39, 0.29) is 12.6 Å². The molecule has 2 unspecified atom stereocenters. The Bertz CT molecular complexity index is 329. The first-order valence-electron chi connectivity index (χ1n) is 6.14. The van der Waals surface area contributed by atoms with Crippen molar-refractivity contribution >= 4 is 0 Å². The van der Waals surface area contributed by atoms with Crippen molar-refractivity contribution < 1.29 is 5.11 Å². The summed E-state index contributed by atoms with van der Waals surface area (Å²) in [7, 11) is 0. The Morgan fingerprint density at radius 3 is 2.44 bits per heavy atom. The molecule has 1 aromatic carbocycles. The van der Waals surface area contributed by atoms with Gasteiger partial charge in [0.15, 0.2) is 0 Å². The number of aliphatic hydroxyl groups is 1. The van der Waals surface area contributed by atoms with Crippen LogP contribution in [0.25, 0.3) is 0 Å². The Morgan fingerprint density at radius 2 is 1.94 bits per heavy atom. The lowest BCUT2D eigenvalue weighted by Gasteiger charge is -2.22. The first kappa shape index (κ1) is 11.6. The predicted molar refractivity (Wildman–Crippen MR) is 66.3 cm³/mol. The zero-order chi connectivity index (χ0) is 11.5. The highest BCUT2D eigenvalue weighted by Crippen LogP contribution is 2.41. The second kappa shape index (κ2) is 4.98. The molecule has 0 radical (unpaired) electrons. The van der Waals surface area contributed by atoms with Gasteiger partial charge < -0.3 is 10.4 Å². The van der Waals surface area contributed by atoms with Gasteiger partial charge in [-0.25, -0.2) is 0 Å². The van der Waals surface area contributed by atoms with E-state index in [0.29, 0.717) is 6.04 Å². The molecular weight excluding hydrogens is 198 g/mol. The minimum absolute atomic E-state index is 0.173. The van der Waals surface area contributed by atoms with E-state index in [2.05, 4.69) is 36.5 Å². The maximum absolute atomic E-state index is 9.11. The summed E-state index contributed by atoms with van der Waals surface area (Å²) in [6.45, 7) is 4.35. The SMILES string of the molecule is Cc1ccc(C(NC(C)CO)C2CC2)cc1. The summed E-state index contributed by atoms with van der Waals surface area (Å²) in [6, 6.07) is 9.33. The van der Waals surface area contributed by atoms with Crippen molar-refractivity contribution in [2.45, 2.75) is 38.8 Å². The van der Waals surface area contributed by atoms with E-state index in [1.54, 1.807) is 0 Å². The third-order valence-corrected chi connectivity index (χ3v) is 3.27. The van der Waals surface area contributed by atoms with Crippen LogP contribution in [0.15, 0.2) is 24.3 Å². The lowest BCUT2D eigenvalue weighted by molar-refractivity contribution is 0.236. The normalized spacial score (nSPS) is 19.4. The molecule has 1 aliphatic rings. The van der Waals surface area contributed by atoms with Crippen LogP contribution in [0.2, 0.25) is 0 Å². The van der Waals surface area contributed by atoms with Crippen molar-refractivity contribution in [2.75, 3.05) is 6.61 Å². The molecule has 1 fully saturated rings. The average molecular weight is 219 g/mol. The molecule has 1 aromatic rings. The summed E-state index contributed by atoms with van der Waals surface area (Å²) in [5.74, 6) is 0.761. The summed E-state index contributed by atoms with van der Waals surface area (Å²) >= 11 is 0. The molecule has 88 valence electrons. The molecule has 0 aromatic heterocycles. The second-order valence-electron chi connectivity index (χ2n) is 4.98. The summed E-state index contributed by atoms with van der Waals surface area (Å²) in [6.07, 6.45) is 2.62. The van der Waals surface area contributed by atoms with Gasteiger partial charge in [-0.15, -0.1) is 0 Å². The van der Waals surface area contributed by atoms with Gasteiger partial charge >= 0.3 is 0 Å². The van der Waals surface area contributed by atoms with Crippen LogP contribution >= 0.6 is 0 Å². The fraction of sp³-hybridized carbons (Fsp3) is 0.571. The number of hydrogen-bond donors (Lipinski definition) is 2. The van der Waals surface area contributed by atoms with Gasteiger partial charge in [0.25, 0.3) is 0 Å². The van der Waals surface area contributed by atoms with Gasteiger partial charge in [0.05, 0.1) is 6.61 Å². The van der Waals surface area contributed by atoms with E-state index in [1.807, 2.05) is 6.92 Å². The van der Waals surface area contributed by atoms with E-state index in [0.717, 1.165) is 5.92 Å². The Kier molecular flexibility index (Phi) is 3.62. The highest BCUT2D eigenvalue weighted by atomic mass is 16.3. The average Bonchev–Trinajstić information content (AvgIpc) is 3.11. The molecule has 0 heterocycles. The van der Waals surface area contributed by atoms with E-state index < -0.39 is 0 Å². The fourth-order valence-electron chi connectivity index (χ4n) is 2.07. The summed E-state index contributed by atoms with van der Waals surface area (Å²) in [5.41, 5.74) is 2.65. The molecule has 2 nitrogen and oxygen atoms in total. The van der Waals surface area contributed by atoms with Gasteiger partial charge in [-0.2, -0.15) is 0 Å². The highest BCUT2D eigenvalue weighted by Gasteiger charge is 2.32. The fourth-order valence-corrected chi connectivity index (χ4v) is 2.07. The third kappa shape index (κ3) is 2.83. The topological polar surface area (TPSA) is 32.3 Å². The molecular formula is C14H21NO. The Labute approximate surface area is 97.7 Å². The Balaban J connectivity index is 2.09. The van der Waals surface area contributed by atoms with Crippen molar-refractivity contribution in [3.63, 3.8) is 0 Å². The van der Waals surface area contributed by atoms with Crippen molar-refractivity contribution in [1.82, 2.24) is 5.32 Å². The van der Waals surface area contributed by atoms with Crippen LogP contribution in [0.5, 0.6) is 0 Å². The standard InChI is InChI=1S/C14H21NO/c1-10-3-5-12(6-4-10)14(13-7-8-13)15-11(2)9-16/h3-6,11,13-16H,7-9H2,1-2H3. The minimum atomic E-state index is 0.173. The van der Waals surface area contributed by atoms with Crippen molar-refractivity contribution in [3.05, 3.63) is 35.4 Å². The molecule has 0 spiro atoms. The molecule has 0 bridgehead atoms. The van der Waals surface area contributed by atoms with Crippen LogP contribution in [0.3, 0.4) is 0 Å². The van der Waals surface area contributed by atoms with Gasteiger partial charge in [-0.1, -0.05) is 29.8 Å². The maximum Gasteiger partial charge on any atom is 0.0582 e. The van der Waals surface area contributed by atoms with E-state index in [4.69, 9.17) is 5.11 Å². The van der Waals surface area contributed by atoms with E-state index in [1.165, 1.54) is 24.0 Å². The molecule has 2 heteroatoms. The lowest BCUT2D eigenvalue weighted by Crippen LogP contribution is -2.34. The first-order valence-corrected chi connectivity index (χ1v) is 6.14. The molecule has 0 saturated heterocycles. The van der Waals surface area contributed by atoms with Crippen LogP contribution in [-0.2, 0) is 0 Å². The quantitative estimate of drug-likeness (QED) is 0.797. The summed E-state index contributed by atoms with van der Waals surface area (Å²) in [5, 5.41) is 12.6. The van der Waals surface area contributed by atoms with Gasteiger partial charge in [-0.3, -0.25) is 0 Å². The Morgan fingerprint density at radius 1 is 1.31 bits per heavy atom. The molecule has 0 aliphatic heterocycles. The molecule has 1 aliphatic carbocycles. The second-order valence-corrected chi connectivity index (χ2v) is 4.98. The lowest BCUT2D eigenvalue weighted by atomic mass is 10.0. The Hall–Kier alpha value is -0.860. The van der Waals surface area contributed by atoms with Gasteiger partial charge in [0.2, 0.25) is 0 Å². The van der Waals surface area contributed by atoms with Gasteiger partial charge in [0, 0.05) is 12.1 Å². The largest absolute Gasteiger partial charge is 0.395 e.